The fourth-order valence-corrected chi connectivity index (χ4v) is 3.81. The fraction of sp³-hybridized carbons (Fsp3) is 0.200. The largest absolute Gasteiger partial charge is 0.399 e. The van der Waals surface area contributed by atoms with Crippen LogP contribution in [0.3, 0.4) is 0 Å². The molecule has 1 aliphatic heterocycles. The van der Waals surface area contributed by atoms with Gasteiger partial charge in [-0.3, -0.25) is 4.98 Å². The van der Waals surface area contributed by atoms with Gasteiger partial charge in [0.15, 0.2) is 17.3 Å². The molecule has 8 heteroatoms. The Morgan fingerprint density at radius 3 is 2.82 bits per heavy atom. The quantitative estimate of drug-likeness (QED) is 0.386. The first kappa shape index (κ1) is 20.7. The molecule has 0 saturated heterocycles. The van der Waals surface area contributed by atoms with E-state index in [0.717, 1.165) is 27.9 Å². The molecule has 1 atom stereocenters. The van der Waals surface area contributed by atoms with E-state index in [1.54, 1.807) is 6.20 Å². The molecule has 33 heavy (non-hydrogen) atoms. The van der Waals surface area contributed by atoms with Crippen LogP contribution in [-0.4, -0.2) is 31.0 Å². The third-order valence-electron chi connectivity index (χ3n) is 5.58. The van der Waals surface area contributed by atoms with Crippen LogP contribution in [0, 0.1) is 0 Å². The van der Waals surface area contributed by atoms with Crippen molar-refractivity contribution in [3.8, 4) is 11.4 Å². The van der Waals surface area contributed by atoms with Crippen molar-refractivity contribution < 1.29 is 0 Å². The topological polar surface area (TPSA) is 107 Å². The van der Waals surface area contributed by atoms with Crippen LogP contribution in [0.5, 0.6) is 0 Å². The molecule has 0 radical (unpaired) electrons. The lowest BCUT2D eigenvalue weighted by Crippen LogP contribution is -2.19. The number of imidazole rings is 1. The van der Waals surface area contributed by atoms with E-state index in [1.807, 2.05) is 49.1 Å². The van der Waals surface area contributed by atoms with Crippen molar-refractivity contribution in [2.45, 2.75) is 25.9 Å². The standard InChI is InChI=1S/C25H26N8/c1-16(2)33-15-30-22-24(31-23(32-25(22)33)18-5-3-7-20(26)11-18)29-13-17-8-9-21(28-12-17)19-6-4-10-27-14-19/h3-12,14-16,21,28H,13,26H2,1-2H3,(H,29,31,32). The summed E-state index contributed by atoms with van der Waals surface area (Å²) in [4.78, 5) is 18.4. The van der Waals surface area contributed by atoms with Gasteiger partial charge < -0.3 is 20.9 Å². The molecule has 4 N–H and O–H groups in total. The number of nitrogen functional groups attached to an aromatic ring is 1. The Hall–Kier alpha value is -4.20. The minimum Gasteiger partial charge on any atom is -0.399 e. The number of pyridine rings is 1. The summed E-state index contributed by atoms with van der Waals surface area (Å²) in [5.41, 5.74) is 11.3. The SMILES string of the molecule is CC(C)n1cnc2c(NCC3=CNC(c4cccnc4)C=C3)nc(-c3cccc(N)c3)nc21. The molecule has 0 bridgehead atoms. The minimum atomic E-state index is 0.116. The lowest BCUT2D eigenvalue weighted by molar-refractivity contribution is 0.613. The van der Waals surface area contributed by atoms with E-state index in [2.05, 4.69) is 57.2 Å². The second-order valence-electron chi connectivity index (χ2n) is 8.30. The summed E-state index contributed by atoms with van der Waals surface area (Å²) >= 11 is 0. The number of anilines is 2. The maximum absolute atomic E-state index is 6.00. The zero-order valence-electron chi connectivity index (χ0n) is 18.6. The molecular formula is C25H26N8. The van der Waals surface area contributed by atoms with Gasteiger partial charge in [-0.1, -0.05) is 30.4 Å². The number of aromatic nitrogens is 5. The van der Waals surface area contributed by atoms with Crippen LogP contribution in [0.2, 0.25) is 0 Å². The highest BCUT2D eigenvalue weighted by Gasteiger charge is 2.17. The molecule has 1 aliphatic rings. The molecule has 0 saturated carbocycles. The summed E-state index contributed by atoms with van der Waals surface area (Å²) in [5.74, 6) is 1.31. The monoisotopic (exact) mass is 438 g/mol. The second-order valence-corrected chi connectivity index (χ2v) is 8.30. The van der Waals surface area contributed by atoms with Gasteiger partial charge in [0, 0.05) is 42.4 Å². The predicted molar refractivity (Wildman–Crippen MR) is 131 cm³/mol. The Bertz CT molecular complexity index is 1340. The number of nitrogens with zero attached hydrogens (tertiary/aromatic N) is 5. The van der Waals surface area contributed by atoms with Crippen LogP contribution in [0.4, 0.5) is 11.5 Å². The Morgan fingerprint density at radius 1 is 1.18 bits per heavy atom. The first-order valence-corrected chi connectivity index (χ1v) is 11.0. The van der Waals surface area contributed by atoms with Crippen molar-refractivity contribution >= 4 is 22.7 Å². The number of benzene rings is 1. The number of nitrogens with two attached hydrogens (primary N) is 1. The summed E-state index contributed by atoms with van der Waals surface area (Å²) in [7, 11) is 0. The van der Waals surface area contributed by atoms with Gasteiger partial charge >= 0.3 is 0 Å². The molecule has 0 aliphatic carbocycles. The second kappa shape index (κ2) is 8.74. The third kappa shape index (κ3) is 4.27. The molecule has 8 nitrogen and oxygen atoms in total. The Morgan fingerprint density at radius 2 is 2.09 bits per heavy atom. The molecule has 3 aromatic heterocycles. The molecular weight excluding hydrogens is 412 g/mol. The van der Waals surface area contributed by atoms with Crippen molar-refractivity contribution in [1.29, 1.82) is 0 Å². The van der Waals surface area contributed by atoms with Gasteiger partial charge in [-0.25, -0.2) is 15.0 Å². The highest BCUT2D eigenvalue weighted by atomic mass is 15.2. The van der Waals surface area contributed by atoms with E-state index < -0.39 is 0 Å². The maximum atomic E-state index is 6.00. The Balaban J connectivity index is 1.42. The van der Waals surface area contributed by atoms with Crippen LogP contribution in [0.1, 0.15) is 31.5 Å². The number of dihydropyridines is 1. The molecule has 1 unspecified atom stereocenters. The van der Waals surface area contributed by atoms with Crippen molar-refractivity contribution in [3.05, 3.63) is 84.6 Å². The zero-order chi connectivity index (χ0) is 22.8. The van der Waals surface area contributed by atoms with Gasteiger partial charge in [0.2, 0.25) is 0 Å². The smallest absolute Gasteiger partial charge is 0.166 e. The average Bonchev–Trinajstić information content (AvgIpc) is 3.28. The number of nitrogens with one attached hydrogen (secondary N) is 2. The van der Waals surface area contributed by atoms with E-state index >= 15 is 0 Å². The van der Waals surface area contributed by atoms with E-state index in [4.69, 9.17) is 15.7 Å². The average molecular weight is 439 g/mol. The predicted octanol–water partition coefficient (Wildman–Crippen LogP) is 4.25. The lowest BCUT2D eigenvalue weighted by atomic mass is 10.0. The molecule has 4 aromatic rings. The first-order chi connectivity index (χ1) is 16.1. The summed E-state index contributed by atoms with van der Waals surface area (Å²) < 4.78 is 2.05. The van der Waals surface area contributed by atoms with E-state index in [-0.39, 0.29) is 12.1 Å². The van der Waals surface area contributed by atoms with Crippen LogP contribution in [0.15, 0.2) is 79.0 Å². The highest BCUT2D eigenvalue weighted by molar-refractivity contribution is 5.85. The molecule has 0 amide bonds. The van der Waals surface area contributed by atoms with Crippen LogP contribution < -0.4 is 16.4 Å². The Kier molecular flexibility index (Phi) is 5.48. The minimum absolute atomic E-state index is 0.116. The van der Waals surface area contributed by atoms with E-state index in [9.17, 15) is 0 Å². The summed E-state index contributed by atoms with van der Waals surface area (Å²) in [6.45, 7) is 4.82. The number of rotatable bonds is 6. The molecule has 1 aromatic carbocycles. The van der Waals surface area contributed by atoms with Gasteiger partial charge in [-0.15, -0.1) is 0 Å². The van der Waals surface area contributed by atoms with Crippen LogP contribution in [0.25, 0.3) is 22.6 Å². The molecule has 166 valence electrons. The van der Waals surface area contributed by atoms with Gasteiger partial charge in [-0.2, -0.15) is 0 Å². The molecule has 0 fully saturated rings. The molecule has 0 spiro atoms. The highest BCUT2D eigenvalue weighted by Crippen LogP contribution is 2.27. The lowest BCUT2D eigenvalue weighted by Gasteiger charge is -2.19. The zero-order valence-corrected chi connectivity index (χ0v) is 18.6. The van der Waals surface area contributed by atoms with E-state index in [1.165, 1.54) is 0 Å². The summed E-state index contributed by atoms with van der Waals surface area (Å²) in [6.07, 6.45) is 11.7. The van der Waals surface area contributed by atoms with Crippen molar-refractivity contribution in [2.24, 2.45) is 0 Å². The van der Waals surface area contributed by atoms with Gasteiger partial charge in [0.1, 0.15) is 5.52 Å². The molecule has 4 heterocycles. The van der Waals surface area contributed by atoms with Crippen molar-refractivity contribution in [1.82, 2.24) is 29.8 Å². The maximum Gasteiger partial charge on any atom is 0.166 e. The Labute approximate surface area is 192 Å². The summed E-state index contributed by atoms with van der Waals surface area (Å²) in [5, 5.41) is 6.89. The normalized spacial score (nSPS) is 15.5. The third-order valence-corrected chi connectivity index (χ3v) is 5.58. The number of hydrogen-bond donors (Lipinski definition) is 3. The van der Waals surface area contributed by atoms with Crippen LogP contribution in [-0.2, 0) is 0 Å². The summed E-state index contributed by atoms with van der Waals surface area (Å²) in [6, 6.07) is 12.0. The number of fused-ring (bicyclic) bond motifs is 1. The van der Waals surface area contributed by atoms with Crippen molar-refractivity contribution in [2.75, 3.05) is 17.6 Å². The number of hydrogen-bond acceptors (Lipinski definition) is 7. The van der Waals surface area contributed by atoms with E-state index in [0.29, 0.717) is 23.9 Å². The van der Waals surface area contributed by atoms with Gasteiger partial charge in [0.05, 0.1) is 12.4 Å². The van der Waals surface area contributed by atoms with Crippen LogP contribution >= 0.6 is 0 Å². The van der Waals surface area contributed by atoms with Gasteiger partial charge in [0.25, 0.3) is 0 Å². The van der Waals surface area contributed by atoms with Crippen molar-refractivity contribution in [3.63, 3.8) is 0 Å². The first-order valence-electron chi connectivity index (χ1n) is 11.0. The fourth-order valence-electron chi connectivity index (χ4n) is 3.81. The molecule has 5 rings (SSSR count). The van der Waals surface area contributed by atoms with Gasteiger partial charge in [-0.05, 0) is 43.2 Å².